The van der Waals surface area contributed by atoms with Crippen LogP contribution in [0, 0.1) is 26.7 Å². The first-order chi connectivity index (χ1) is 46.4. The maximum Gasteiger partial charge on any atom is 0.239 e. The number of nitrogens with zero attached hydrogens (tertiary/aromatic N) is 10. The maximum absolute atomic E-state index is 12.5. The van der Waals surface area contributed by atoms with Crippen LogP contribution in [0.15, 0.2) is 102 Å². The van der Waals surface area contributed by atoms with Crippen LogP contribution in [0.4, 0.5) is 17.5 Å². The number of anilines is 3. The number of carbonyl (C=O) groups excluding carboxylic acids is 3. The molecular weight excluding hydrogens is 1210 g/mol. The van der Waals surface area contributed by atoms with Crippen molar-refractivity contribution in [3.8, 4) is 5.88 Å². The average molecular weight is 1310 g/mol. The molecule has 6 aliphatic rings. The molecule has 3 aliphatic carbocycles. The molecule has 8 heterocycles. The van der Waals surface area contributed by atoms with Gasteiger partial charge in [-0.1, -0.05) is 65.9 Å². The van der Waals surface area contributed by atoms with Crippen molar-refractivity contribution < 1.29 is 33.9 Å². The van der Waals surface area contributed by atoms with Crippen LogP contribution in [0.1, 0.15) is 125 Å². The molecule has 96 heavy (non-hydrogen) atoms. The average Bonchev–Trinajstić information content (AvgIpc) is 0.916. The zero-order chi connectivity index (χ0) is 67.1. The molecule has 3 amide bonds. The first kappa shape index (κ1) is 67.7. The highest BCUT2D eigenvalue weighted by Gasteiger charge is 2.43. The number of rotatable bonds is 20. The van der Waals surface area contributed by atoms with Crippen LogP contribution >= 0.6 is 0 Å². The standard InChI is InChI=1S/C26H34N6O3.C25H32N6O2.C22H32N4O2/c1-17-4-6-22-21(12-17)25(30-31(22)2)28-14-23(33)29-19-15-32(16-19)20-8-10-26(34,11-9-20)18-5-7-24(35-3)27-13-18;1-17-5-6-22-21(12-17)24(29-30(22)2)27-14-23(32)28-19-15-31(16-19)20-7-9-25(33,10-8-20)18-4-3-11-26-13-18;1-3-4-16-6-8-18(9-7-16)26-13-17(14-26)24-21(27)12-23-22-19-11-15(2)5-10-20(19)28-25-22/h4-7,12-13,19-20,34H,8-11,14-16H2,1-3H3,(H,28,30)(H,29,33);3-6,11-13,19-20,33H,7-10,14-16H2,1-2H3,(H,27,29)(H,28,32);5,10-11,16-18H,3-4,6-9,12-14H2,1-2H3,(H,23,25)(H,24,27). The Balaban J connectivity index is 0.000000138. The molecule has 0 unspecified atom stereocenters. The molecule has 3 saturated heterocycles. The van der Waals surface area contributed by atoms with Crippen molar-refractivity contribution >= 4 is 68.0 Å². The summed E-state index contributed by atoms with van der Waals surface area (Å²) in [5.41, 5.74) is 6.47. The molecule has 8 aromatic rings. The van der Waals surface area contributed by atoms with Gasteiger partial charge in [-0.3, -0.25) is 43.4 Å². The topological polar surface area (TPSA) is 270 Å². The van der Waals surface area contributed by atoms with E-state index in [0.29, 0.717) is 36.6 Å². The van der Waals surface area contributed by atoms with E-state index in [1.165, 1.54) is 44.1 Å². The van der Waals surface area contributed by atoms with Gasteiger partial charge in [0.2, 0.25) is 23.6 Å². The summed E-state index contributed by atoms with van der Waals surface area (Å²) in [6, 6.07) is 28.1. The van der Waals surface area contributed by atoms with Crippen molar-refractivity contribution in [3.63, 3.8) is 0 Å². The highest BCUT2D eigenvalue weighted by Crippen LogP contribution is 2.41. The molecule has 0 radical (unpaired) electrons. The molecule has 5 aromatic heterocycles. The van der Waals surface area contributed by atoms with Gasteiger partial charge in [-0.05, 0) is 152 Å². The summed E-state index contributed by atoms with van der Waals surface area (Å²) in [5, 5.41) is 57.1. The number of pyridine rings is 2. The highest BCUT2D eigenvalue weighted by molar-refractivity contribution is 5.94. The lowest BCUT2D eigenvalue weighted by molar-refractivity contribution is -0.122. The quantitative estimate of drug-likeness (QED) is 0.0356. The maximum atomic E-state index is 12.5. The molecule has 23 nitrogen and oxygen atoms in total. The van der Waals surface area contributed by atoms with Gasteiger partial charge >= 0.3 is 0 Å². The second kappa shape index (κ2) is 30.0. The number of benzene rings is 3. The fourth-order valence-electron chi connectivity index (χ4n) is 15.3. The Labute approximate surface area is 562 Å². The summed E-state index contributed by atoms with van der Waals surface area (Å²) in [4.78, 5) is 53.1. The fourth-order valence-corrected chi connectivity index (χ4v) is 15.3. The van der Waals surface area contributed by atoms with E-state index in [2.05, 4.69) is 123 Å². The first-order valence-corrected chi connectivity index (χ1v) is 34.8. The van der Waals surface area contributed by atoms with E-state index in [1.807, 2.05) is 72.8 Å². The van der Waals surface area contributed by atoms with E-state index < -0.39 is 11.2 Å². The third-order valence-electron chi connectivity index (χ3n) is 21.0. The van der Waals surface area contributed by atoms with Crippen molar-refractivity contribution in [1.29, 1.82) is 0 Å². The van der Waals surface area contributed by atoms with Gasteiger partial charge in [-0.25, -0.2) is 4.98 Å². The van der Waals surface area contributed by atoms with Crippen LogP contribution in [-0.4, -0.2) is 180 Å². The Kier molecular flexibility index (Phi) is 21.2. The SMILES string of the molecule is CCCC1CCC(N2CC(NC(=O)CNc3noc4ccc(C)cc34)C2)CC1.COc1ccc(C2(O)CCC(N3CC(NC(=O)CNc4nn(C)c5ccc(C)cc45)C3)CC2)cn1.Cc1ccc2c(c1)c(NCC(=O)NC1CN(C3CCC(O)(c4cccnc4)CC3)C1)nn2C. The van der Waals surface area contributed by atoms with Crippen molar-refractivity contribution in [2.24, 2.45) is 20.0 Å². The lowest BCUT2D eigenvalue weighted by atomic mass is 9.77. The number of likely N-dealkylation sites (tertiary alicyclic amines) is 3. The molecule has 0 atom stereocenters. The molecule has 512 valence electrons. The van der Waals surface area contributed by atoms with Crippen LogP contribution in [0.25, 0.3) is 32.8 Å². The van der Waals surface area contributed by atoms with E-state index in [-0.39, 0.29) is 55.5 Å². The predicted octanol–water partition coefficient (Wildman–Crippen LogP) is 8.35. The second-order valence-corrected chi connectivity index (χ2v) is 28.1. The smallest absolute Gasteiger partial charge is 0.239 e. The van der Waals surface area contributed by atoms with Crippen molar-refractivity contribution in [1.82, 2.24) is 65.3 Å². The van der Waals surface area contributed by atoms with E-state index in [9.17, 15) is 24.6 Å². The number of hydrogen-bond acceptors (Lipinski definition) is 18. The van der Waals surface area contributed by atoms with Gasteiger partial charge in [-0.2, -0.15) is 10.2 Å². The summed E-state index contributed by atoms with van der Waals surface area (Å²) in [5.74, 6) is 3.59. The van der Waals surface area contributed by atoms with Gasteiger partial charge in [0.15, 0.2) is 23.0 Å². The van der Waals surface area contributed by atoms with Crippen molar-refractivity contribution in [3.05, 3.63) is 125 Å². The lowest BCUT2D eigenvalue weighted by Crippen LogP contribution is -2.63. The monoisotopic (exact) mass is 1310 g/mol. The minimum atomic E-state index is -0.825. The number of fused-ring (bicyclic) bond motifs is 3. The highest BCUT2D eigenvalue weighted by atomic mass is 16.5. The molecule has 3 aliphatic heterocycles. The lowest BCUT2D eigenvalue weighted by Gasteiger charge is -2.48. The number of methoxy groups -OCH3 is 1. The van der Waals surface area contributed by atoms with E-state index >= 15 is 0 Å². The predicted molar refractivity (Wildman–Crippen MR) is 374 cm³/mol. The van der Waals surface area contributed by atoms with Crippen LogP contribution in [-0.2, 0) is 39.7 Å². The van der Waals surface area contributed by atoms with E-state index in [0.717, 1.165) is 156 Å². The van der Waals surface area contributed by atoms with E-state index in [4.69, 9.17) is 9.26 Å². The second-order valence-electron chi connectivity index (χ2n) is 28.1. The summed E-state index contributed by atoms with van der Waals surface area (Å²) in [6.07, 6.45) is 20.0. The number of carbonyl (C=O) groups is 3. The van der Waals surface area contributed by atoms with Gasteiger partial charge in [0.05, 0.1) is 72.5 Å². The zero-order valence-electron chi connectivity index (χ0n) is 57.0. The Morgan fingerprint density at radius 2 is 1.01 bits per heavy atom. The van der Waals surface area contributed by atoms with Crippen molar-refractivity contribution in [2.75, 3.05) is 82.0 Å². The van der Waals surface area contributed by atoms with Gasteiger partial charge in [0.25, 0.3) is 0 Å². The summed E-state index contributed by atoms with van der Waals surface area (Å²) >= 11 is 0. The zero-order valence-corrected chi connectivity index (χ0v) is 57.0. The van der Waals surface area contributed by atoms with Crippen LogP contribution < -0.4 is 36.6 Å². The number of aromatic nitrogens is 7. The van der Waals surface area contributed by atoms with Gasteiger partial charge in [0, 0.05) is 118 Å². The third kappa shape index (κ3) is 16.1. The molecule has 3 aromatic carbocycles. The number of hydrogen-bond donors (Lipinski definition) is 8. The Hall–Kier alpha value is -8.22. The Morgan fingerprint density at radius 3 is 1.45 bits per heavy atom. The molecule has 0 spiro atoms. The van der Waals surface area contributed by atoms with Crippen LogP contribution in [0.5, 0.6) is 5.88 Å². The number of aryl methyl sites for hydroxylation is 5. The van der Waals surface area contributed by atoms with E-state index in [1.54, 1.807) is 31.8 Å². The number of amides is 3. The van der Waals surface area contributed by atoms with Crippen LogP contribution in [0.2, 0.25) is 0 Å². The Bertz CT molecular complexity index is 3920. The molecule has 6 fully saturated rings. The van der Waals surface area contributed by atoms with Gasteiger partial charge < -0.3 is 51.4 Å². The third-order valence-corrected chi connectivity index (χ3v) is 21.0. The molecule has 3 saturated carbocycles. The molecule has 8 N–H and O–H groups in total. The number of aliphatic hydroxyl groups is 2. The minimum Gasteiger partial charge on any atom is -0.481 e. The molecule has 0 bridgehead atoms. The molecule has 23 heteroatoms. The normalized spacial score (nSPS) is 23.5. The largest absolute Gasteiger partial charge is 0.481 e. The van der Waals surface area contributed by atoms with Gasteiger partial charge in [-0.15, -0.1) is 0 Å². The molecular formula is C73H98N16O7. The summed E-state index contributed by atoms with van der Waals surface area (Å²) in [7, 11) is 5.41. The first-order valence-electron chi connectivity index (χ1n) is 34.8. The molecule has 14 rings (SSSR count). The van der Waals surface area contributed by atoms with Gasteiger partial charge in [0.1, 0.15) is 0 Å². The Morgan fingerprint density at radius 1 is 0.562 bits per heavy atom. The van der Waals surface area contributed by atoms with Crippen LogP contribution in [0.3, 0.4) is 0 Å². The summed E-state index contributed by atoms with van der Waals surface area (Å²) in [6.45, 7) is 14.5. The minimum absolute atomic E-state index is 0.0132. The number of nitrogens with one attached hydrogen (secondary N) is 6. The fraction of sp³-hybridized carbons (Fsp3) is 0.534. The summed E-state index contributed by atoms with van der Waals surface area (Å²) < 4.78 is 14.1. The van der Waals surface area contributed by atoms with Crippen molar-refractivity contribution in [2.45, 2.75) is 165 Å². The number of ether oxygens (including phenoxy) is 1.